The standard InChI is InChI=1S/C12H17FO/c1-2-3-12(14)8-10-4-6-11(9-13)7-5-10/h4-7,12,14H,2-3,8-9H2,1H3. The van der Waals surface area contributed by atoms with Crippen molar-refractivity contribution in [3.8, 4) is 0 Å². The van der Waals surface area contributed by atoms with Gasteiger partial charge in [-0.3, -0.25) is 0 Å². The van der Waals surface area contributed by atoms with E-state index in [0.717, 1.165) is 18.4 Å². The molecule has 0 heterocycles. The van der Waals surface area contributed by atoms with Crippen molar-refractivity contribution < 1.29 is 9.50 Å². The molecule has 1 atom stereocenters. The molecule has 0 aliphatic heterocycles. The minimum Gasteiger partial charge on any atom is -0.393 e. The van der Waals surface area contributed by atoms with Gasteiger partial charge >= 0.3 is 0 Å². The Kier molecular flexibility index (Phi) is 4.60. The highest BCUT2D eigenvalue weighted by Gasteiger charge is 2.03. The first-order valence-corrected chi connectivity index (χ1v) is 5.08. The third-order valence-corrected chi connectivity index (χ3v) is 2.27. The largest absolute Gasteiger partial charge is 0.393 e. The molecule has 1 rings (SSSR count). The highest BCUT2D eigenvalue weighted by atomic mass is 19.1. The maximum absolute atomic E-state index is 12.2. The summed E-state index contributed by atoms with van der Waals surface area (Å²) in [5, 5.41) is 9.56. The number of hydrogen-bond acceptors (Lipinski definition) is 1. The summed E-state index contributed by atoms with van der Waals surface area (Å²) in [5.41, 5.74) is 1.77. The molecule has 0 aliphatic carbocycles. The Morgan fingerprint density at radius 1 is 1.21 bits per heavy atom. The first-order chi connectivity index (χ1) is 6.76. The van der Waals surface area contributed by atoms with Crippen molar-refractivity contribution in [3.05, 3.63) is 35.4 Å². The third kappa shape index (κ3) is 3.46. The van der Waals surface area contributed by atoms with Crippen molar-refractivity contribution in [2.24, 2.45) is 0 Å². The predicted molar refractivity (Wildman–Crippen MR) is 55.9 cm³/mol. The first kappa shape index (κ1) is 11.2. The molecule has 0 aliphatic rings. The van der Waals surface area contributed by atoms with E-state index in [4.69, 9.17) is 0 Å². The van der Waals surface area contributed by atoms with Crippen LogP contribution in [0.3, 0.4) is 0 Å². The van der Waals surface area contributed by atoms with E-state index >= 15 is 0 Å². The lowest BCUT2D eigenvalue weighted by atomic mass is 10.0. The number of aliphatic hydroxyl groups excluding tert-OH is 1. The van der Waals surface area contributed by atoms with Gasteiger partial charge in [-0.25, -0.2) is 4.39 Å². The maximum Gasteiger partial charge on any atom is 0.115 e. The van der Waals surface area contributed by atoms with E-state index in [2.05, 4.69) is 6.92 Å². The molecule has 1 aromatic rings. The molecule has 0 amide bonds. The van der Waals surface area contributed by atoms with E-state index in [1.165, 1.54) is 0 Å². The molecule has 14 heavy (non-hydrogen) atoms. The first-order valence-electron chi connectivity index (χ1n) is 5.08. The van der Waals surface area contributed by atoms with Crippen molar-refractivity contribution in [1.29, 1.82) is 0 Å². The van der Waals surface area contributed by atoms with Crippen LogP contribution in [0.15, 0.2) is 24.3 Å². The summed E-state index contributed by atoms with van der Waals surface area (Å²) in [6.07, 6.45) is 2.21. The van der Waals surface area contributed by atoms with Gasteiger partial charge in [0.25, 0.3) is 0 Å². The SMILES string of the molecule is CCCC(O)Cc1ccc(CF)cc1. The van der Waals surface area contributed by atoms with E-state index in [0.29, 0.717) is 12.0 Å². The van der Waals surface area contributed by atoms with Crippen molar-refractivity contribution in [2.45, 2.75) is 39.0 Å². The molecule has 1 N–H and O–H groups in total. The molecule has 1 unspecified atom stereocenters. The van der Waals surface area contributed by atoms with Gasteiger partial charge < -0.3 is 5.11 Å². The van der Waals surface area contributed by atoms with E-state index in [1.807, 2.05) is 12.1 Å². The highest BCUT2D eigenvalue weighted by Crippen LogP contribution is 2.10. The molecule has 0 spiro atoms. The fraction of sp³-hybridized carbons (Fsp3) is 0.500. The average molecular weight is 196 g/mol. The van der Waals surface area contributed by atoms with Crippen LogP contribution >= 0.6 is 0 Å². The lowest BCUT2D eigenvalue weighted by molar-refractivity contribution is 0.164. The topological polar surface area (TPSA) is 20.2 Å². The minimum atomic E-state index is -0.419. The Balaban J connectivity index is 2.50. The van der Waals surface area contributed by atoms with Crippen LogP contribution < -0.4 is 0 Å². The van der Waals surface area contributed by atoms with Crippen LogP contribution in [-0.2, 0) is 13.1 Å². The summed E-state index contributed by atoms with van der Waals surface area (Å²) >= 11 is 0. The fourth-order valence-electron chi connectivity index (χ4n) is 1.47. The molecule has 0 saturated heterocycles. The summed E-state index contributed by atoms with van der Waals surface area (Å²) in [6, 6.07) is 7.31. The number of aliphatic hydroxyl groups is 1. The smallest absolute Gasteiger partial charge is 0.115 e. The molecule has 0 fully saturated rings. The van der Waals surface area contributed by atoms with E-state index in [1.54, 1.807) is 12.1 Å². The summed E-state index contributed by atoms with van der Waals surface area (Å²) < 4.78 is 12.2. The molecule has 0 saturated carbocycles. The summed E-state index contributed by atoms with van der Waals surface area (Å²) in [5.74, 6) is 0. The maximum atomic E-state index is 12.2. The van der Waals surface area contributed by atoms with Gasteiger partial charge in [0.1, 0.15) is 6.67 Å². The van der Waals surface area contributed by atoms with Crippen LogP contribution in [0.1, 0.15) is 30.9 Å². The van der Waals surface area contributed by atoms with Gasteiger partial charge in [0.15, 0.2) is 0 Å². The molecule has 0 aromatic heterocycles. The molecular formula is C12H17FO. The van der Waals surface area contributed by atoms with Crippen LogP contribution in [-0.4, -0.2) is 11.2 Å². The van der Waals surface area contributed by atoms with Crippen molar-refractivity contribution in [2.75, 3.05) is 0 Å². The lowest BCUT2D eigenvalue weighted by Crippen LogP contribution is -2.09. The Morgan fingerprint density at radius 2 is 1.79 bits per heavy atom. The quantitative estimate of drug-likeness (QED) is 0.767. The molecule has 2 heteroatoms. The monoisotopic (exact) mass is 196 g/mol. The number of alkyl halides is 1. The normalized spacial score (nSPS) is 12.8. The molecule has 78 valence electrons. The summed E-state index contributed by atoms with van der Waals surface area (Å²) in [6.45, 7) is 1.63. The van der Waals surface area contributed by atoms with Crippen LogP contribution in [0.4, 0.5) is 4.39 Å². The Bertz CT molecular complexity index is 256. The zero-order valence-electron chi connectivity index (χ0n) is 8.54. The highest BCUT2D eigenvalue weighted by molar-refractivity contribution is 5.22. The van der Waals surface area contributed by atoms with Crippen LogP contribution in [0.2, 0.25) is 0 Å². The van der Waals surface area contributed by atoms with Gasteiger partial charge in [-0.15, -0.1) is 0 Å². The van der Waals surface area contributed by atoms with Crippen LogP contribution in [0.25, 0.3) is 0 Å². The predicted octanol–water partition coefficient (Wildman–Crippen LogP) is 2.86. The van der Waals surface area contributed by atoms with Crippen LogP contribution in [0, 0.1) is 0 Å². The molecule has 0 radical (unpaired) electrons. The number of halogens is 1. The Hall–Kier alpha value is -0.890. The van der Waals surface area contributed by atoms with Gasteiger partial charge in [0.05, 0.1) is 6.10 Å². The van der Waals surface area contributed by atoms with E-state index in [-0.39, 0.29) is 6.10 Å². The molecule has 1 nitrogen and oxygen atoms in total. The fourth-order valence-corrected chi connectivity index (χ4v) is 1.47. The average Bonchev–Trinajstić information content (AvgIpc) is 2.19. The van der Waals surface area contributed by atoms with Gasteiger partial charge in [-0.1, -0.05) is 37.6 Å². The second kappa shape index (κ2) is 5.76. The zero-order valence-corrected chi connectivity index (χ0v) is 8.54. The zero-order chi connectivity index (χ0) is 10.4. The van der Waals surface area contributed by atoms with Gasteiger partial charge in [-0.2, -0.15) is 0 Å². The Morgan fingerprint density at radius 3 is 2.29 bits per heavy atom. The summed E-state index contributed by atoms with van der Waals surface area (Å²) in [4.78, 5) is 0. The minimum absolute atomic E-state index is 0.267. The lowest BCUT2D eigenvalue weighted by Gasteiger charge is -2.09. The van der Waals surface area contributed by atoms with E-state index in [9.17, 15) is 9.50 Å². The van der Waals surface area contributed by atoms with Crippen molar-refractivity contribution >= 4 is 0 Å². The van der Waals surface area contributed by atoms with Crippen LogP contribution in [0.5, 0.6) is 0 Å². The number of hydrogen-bond donors (Lipinski definition) is 1. The molecule has 0 bridgehead atoms. The number of rotatable bonds is 5. The second-order valence-corrected chi connectivity index (χ2v) is 3.60. The molecule has 1 aromatic carbocycles. The molecular weight excluding hydrogens is 179 g/mol. The third-order valence-electron chi connectivity index (χ3n) is 2.27. The Labute approximate surface area is 84.6 Å². The number of benzene rings is 1. The van der Waals surface area contributed by atoms with Gasteiger partial charge in [0.2, 0.25) is 0 Å². The van der Waals surface area contributed by atoms with Crippen molar-refractivity contribution in [1.82, 2.24) is 0 Å². The van der Waals surface area contributed by atoms with Gasteiger partial charge in [-0.05, 0) is 24.0 Å². The summed E-state index contributed by atoms with van der Waals surface area (Å²) in [7, 11) is 0. The second-order valence-electron chi connectivity index (χ2n) is 3.60. The van der Waals surface area contributed by atoms with Gasteiger partial charge in [0, 0.05) is 0 Å². The van der Waals surface area contributed by atoms with E-state index < -0.39 is 6.67 Å². The van der Waals surface area contributed by atoms with Crippen molar-refractivity contribution in [3.63, 3.8) is 0 Å².